The average molecular weight is 264 g/mol. The van der Waals surface area contributed by atoms with Crippen LogP contribution in [0.15, 0.2) is 10.6 Å². The summed E-state index contributed by atoms with van der Waals surface area (Å²) in [5.74, 6) is 0.932. The number of ether oxygens (including phenoxy) is 1. The Balaban J connectivity index is 1.53. The number of nitrogens with one attached hydrogen (secondary N) is 1. The Bertz CT molecular complexity index is 405. The van der Waals surface area contributed by atoms with Gasteiger partial charge in [0.25, 0.3) is 0 Å². The van der Waals surface area contributed by atoms with Crippen LogP contribution in [0.3, 0.4) is 0 Å². The molecule has 106 valence electrons. The first kappa shape index (κ1) is 13.1. The normalized spacial score (nSPS) is 26.7. The van der Waals surface area contributed by atoms with Gasteiger partial charge in [0.1, 0.15) is 0 Å². The molecule has 0 amide bonds. The van der Waals surface area contributed by atoms with Gasteiger partial charge in [-0.15, -0.1) is 0 Å². The molecule has 1 N–H and O–H groups in total. The van der Waals surface area contributed by atoms with E-state index in [1.807, 2.05) is 13.0 Å². The summed E-state index contributed by atoms with van der Waals surface area (Å²) in [7, 11) is 0. The van der Waals surface area contributed by atoms with Gasteiger partial charge in [-0.25, -0.2) is 0 Å². The van der Waals surface area contributed by atoms with E-state index in [0.717, 1.165) is 37.4 Å². The van der Waals surface area contributed by atoms with Gasteiger partial charge >= 0.3 is 0 Å². The Hall–Kier alpha value is -0.870. The Kier molecular flexibility index (Phi) is 3.89. The highest BCUT2D eigenvalue weighted by molar-refractivity contribution is 5.03. The molecule has 2 fully saturated rings. The fourth-order valence-electron chi connectivity index (χ4n) is 3.49. The molecule has 0 radical (unpaired) electrons. The Morgan fingerprint density at radius 2 is 2.21 bits per heavy atom. The summed E-state index contributed by atoms with van der Waals surface area (Å²) in [6, 6.07) is 2.56. The molecular formula is C15H24N2O2. The lowest BCUT2D eigenvalue weighted by molar-refractivity contribution is -0.109. The van der Waals surface area contributed by atoms with Crippen molar-refractivity contribution in [3.05, 3.63) is 17.5 Å². The van der Waals surface area contributed by atoms with Gasteiger partial charge in [0.2, 0.25) is 0 Å². The molecule has 1 saturated heterocycles. The lowest BCUT2D eigenvalue weighted by Crippen LogP contribution is -2.47. The maximum Gasteiger partial charge on any atom is 0.150 e. The predicted molar refractivity (Wildman–Crippen MR) is 72.9 cm³/mol. The fraction of sp³-hybridized carbons (Fsp3) is 0.800. The second-order valence-corrected chi connectivity index (χ2v) is 6.10. The van der Waals surface area contributed by atoms with Gasteiger partial charge in [-0.2, -0.15) is 0 Å². The number of aryl methyl sites for hydroxylation is 1. The van der Waals surface area contributed by atoms with Crippen LogP contribution >= 0.6 is 0 Å². The minimum Gasteiger partial charge on any atom is -0.375 e. The maximum absolute atomic E-state index is 6.12. The Labute approximate surface area is 114 Å². The standard InChI is InChI=1S/C15H24N2O2/c1-12-9-14(19-17-12)11-16-13-5-8-18-15(10-13)6-3-2-4-7-15/h9,13,16H,2-8,10-11H2,1H3. The molecule has 1 aliphatic heterocycles. The van der Waals surface area contributed by atoms with Crippen LogP contribution in [0.25, 0.3) is 0 Å². The number of aromatic nitrogens is 1. The van der Waals surface area contributed by atoms with E-state index in [9.17, 15) is 0 Å². The lowest BCUT2D eigenvalue weighted by atomic mass is 9.78. The van der Waals surface area contributed by atoms with Gasteiger partial charge in [-0.05, 0) is 32.6 Å². The van der Waals surface area contributed by atoms with Crippen LogP contribution in [-0.4, -0.2) is 23.4 Å². The van der Waals surface area contributed by atoms with Gasteiger partial charge in [0.05, 0.1) is 17.8 Å². The summed E-state index contributed by atoms with van der Waals surface area (Å²) in [5, 5.41) is 7.53. The monoisotopic (exact) mass is 264 g/mol. The molecule has 19 heavy (non-hydrogen) atoms. The van der Waals surface area contributed by atoms with Crippen molar-refractivity contribution in [2.24, 2.45) is 0 Å². The summed E-state index contributed by atoms with van der Waals surface area (Å²) in [5.41, 5.74) is 1.12. The van der Waals surface area contributed by atoms with Crippen LogP contribution in [-0.2, 0) is 11.3 Å². The van der Waals surface area contributed by atoms with E-state index in [0.29, 0.717) is 6.04 Å². The van der Waals surface area contributed by atoms with Crippen LogP contribution < -0.4 is 5.32 Å². The molecule has 2 aliphatic rings. The number of nitrogens with zero attached hydrogens (tertiary/aromatic N) is 1. The molecule has 1 aliphatic carbocycles. The van der Waals surface area contributed by atoms with Crippen molar-refractivity contribution in [3.63, 3.8) is 0 Å². The van der Waals surface area contributed by atoms with Crippen molar-refractivity contribution in [2.75, 3.05) is 6.61 Å². The van der Waals surface area contributed by atoms with Crippen LogP contribution in [0.2, 0.25) is 0 Å². The molecule has 0 bridgehead atoms. The molecule has 1 saturated carbocycles. The third kappa shape index (κ3) is 3.18. The first-order valence-electron chi connectivity index (χ1n) is 7.55. The molecule has 1 spiro atoms. The largest absolute Gasteiger partial charge is 0.375 e. The predicted octanol–water partition coefficient (Wildman–Crippen LogP) is 2.95. The van der Waals surface area contributed by atoms with E-state index in [-0.39, 0.29) is 5.60 Å². The van der Waals surface area contributed by atoms with Crippen molar-refractivity contribution >= 4 is 0 Å². The number of hydrogen-bond acceptors (Lipinski definition) is 4. The smallest absolute Gasteiger partial charge is 0.150 e. The minimum atomic E-state index is 0.172. The molecule has 1 aromatic heterocycles. The van der Waals surface area contributed by atoms with E-state index >= 15 is 0 Å². The molecule has 3 rings (SSSR count). The van der Waals surface area contributed by atoms with Gasteiger partial charge < -0.3 is 14.6 Å². The molecule has 1 unspecified atom stereocenters. The highest BCUT2D eigenvalue weighted by atomic mass is 16.5. The zero-order valence-corrected chi connectivity index (χ0v) is 11.8. The van der Waals surface area contributed by atoms with Gasteiger partial charge in [0, 0.05) is 18.7 Å². The maximum atomic E-state index is 6.12. The van der Waals surface area contributed by atoms with Gasteiger partial charge in [-0.1, -0.05) is 24.4 Å². The molecular weight excluding hydrogens is 240 g/mol. The van der Waals surface area contributed by atoms with E-state index in [1.165, 1.54) is 32.1 Å². The summed E-state index contributed by atoms with van der Waals surface area (Å²) in [4.78, 5) is 0. The van der Waals surface area contributed by atoms with Crippen LogP contribution in [0.1, 0.15) is 56.4 Å². The zero-order valence-electron chi connectivity index (χ0n) is 11.8. The lowest BCUT2D eigenvalue weighted by Gasteiger charge is -2.43. The molecule has 1 atom stereocenters. The SMILES string of the molecule is Cc1cc(CNC2CCOC3(CCCCC3)C2)on1. The van der Waals surface area contributed by atoms with Gasteiger partial charge in [-0.3, -0.25) is 0 Å². The van der Waals surface area contributed by atoms with E-state index in [4.69, 9.17) is 9.26 Å². The number of rotatable bonds is 3. The van der Waals surface area contributed by atoms with Crippen molar-refractivity contribution < 1.29 is 9.26 Å². The average Bonchev–Trinajstić information content (AvgIpc) is 2.83. The van der Waals surface area contributed by atoms with Crippen molar-refractivity contribution in [3.8, 4) is 0 Å². The van der Waals surface area contributed by atoms with Crippen LogP contribution in [0.5, 0.6) is 0 Å². The third-order valence-electron chi connectivity index (χ3n) is 4.50. The van der Waals surface area contributed by atoms with Gasteiger partial charge in [0.15, 0.2) is 5.76 Å². The Morgan fingerprint density at radius 3 is 2.95 bits per heavy atom. The summed E-state index contributed by atoms with van der Waals surface area (Å²) >= 11 is 0. The number of hydrogen-bond donors (Lipinski definition) is 1. The summed E-state index contributed by atoms with van der Waals surface area (Å²) in [6.45, 7) is 3.63. The summed E-state index contributed by atoms with van der Waals surface area (Å²) in [6.07, 6.45) is 8.77. The zero-order chi connectivity index (χ0) is 13.1. The topological polar surface area (TPSA) is 47.3 Å². The van der Waals surface area contributed by atoms with Crippen LogP contribution in [0, 0.1) is 6.92 Å². The summed E-state index contributed by atoms with van der Waals surface area (Å²) < 4.78 is 11.4. The first-order chi connectivity index (χ1) is 9.26. The highest BCUT2D eigenvalue weighted by Gasteiger charge is 2.38. The molecule has 2 heterocycles. The fourth-order valence-corrected chi connectivity index (χ4v) is 3.49. The highest BCUT2D eigenvalue weighted by Crippen LogP contribution is 2.38. The molecule has 4 nitrogen and oxygen atoms in total. The first-order valence-corrected chi connectivity index (χ1v) is 7.55. The molecule has 0 aromatic carbocycles. The van der Waals surface area contributed by atoms with Crippen molar-refractivity contribution in [1.29, 1.82) is 0 Å². The van der Waals surface area contributed by atoms with E-state index in [2.05, 4.69) is 10.5 Å². The molecule has 1 aromatic rings. The third-order valence-corrected chi connectivity index (χ3v) is 4.50. The minimum absolute atomic E-state index is 0.172. The second kappa shape index (κ2) is 5.63. The second-order valence-electron chi connectivity index (χ2n) is 6.10. The van der Waals surface area contributed by atoms with Crippen LogP contribution in [0.4, 0.5) is 0 Å². The molecule has 4 heteroatoms. The quantitative estimate of drug-likeness (QED) is 0.911. The van der Waals surface area contributed by atoms with E-state index < -0.39 is 0 Å². The Morgan fingerprint density at radius 1 is 1.37 bits per heavy atom. The van der Waals surface area contributed by atoms with Crippen molar-refractivity contribution in [1.82, 2.24) is 10.5 Å². The van der Waals surface area contributed by atoms with Crippen molar-refractivity contribution in [2.45, 2.75) is 70.1 Å². The van der Waals surface area contributed by atoms with E-state index in [1.54, 1.807) is 0 Å².